The normalized spacial score (nSPS) is 27.5. The number of aliphatic imine (C=N–C) groups is 1. The lowest BCUT2D eigenvalue weighted by atomic mass is 10.2. The van der Waals surface area contributed by atoms with Crippen molar-refractivity contribution < 1.29 is 22.7 Å². The second-order valence-electron chi connectivity index (χ2n) is 7.59. The Morgan fingerprint density at radius 2 is 1.86 bits per heavy atom. The molecule has 2 unspecified atom stereocenters. The summed E-state index contributed by atoms with van der Waals surface area (Å²) in [5.74, 6) is 0.795. The van der Waals surface area contributed by atoms with Crippen molar-refractivity contribution in [2.75, 3.05) is 59.0 Å². The van der Waals surface area contributed by atoms with Gasteiger partial charge in [0.2, 0.25) is 0 Å². The van der Waals surface area contributed by atoms with Crippen LogP contribution >= 0.6 is 0 Å². The van der Waals surface area contributed by atoms with Gasteiger partial charge in [-0.25, -0.2) is 0 Å². The van der Waals surface area contributed by atoms with Crippen LogP contribution in [-0.4, -0.2) is 104 Å². The summed E-state index contributed by atoms with van der Waals surface area (Å²) >= 11 is 0. The zero-order valence-corrected chi connectivity index (χ0v) is 16.4. The molecule has 0 radical (unpaired) electrons. The summed E-state index contributed by atoms with van der Waals surface area (Å²) < 4.78 is 43.3. The van der Waals surface area contributed by atoms with Gasteiger partial charge in [0.15, 0.2) is 5.96 Å². The second-order valence-corrected chi connectivity index (χ2v) is 7.59. The number of hydrogen-bond acceptors (Lipinski definition) is 4. The highest BCUT2D eigenvalue weighted by Gasteiger charge is 2.35. The Labute approximate surface area is 163 Å². The molecule has 0 saturated carbocycles. The molecule has 3 saturated heterocycles. The van der Waals surface area contributed by atoms with Crippen LogP contribution in [0.1, 0.15) is 26.2 Å². The Balaban J connectivity index is 1.49. The first-order chi connectivity index (χ1) is 13.4. The lowest BCUT2D eigenvalue weighted by molar-refractivity contribution is -0.144. The third kappa shape index (κ3) is 5.73. The van der Waals surface area contributed by atoms with E-state index in [2.05, 4.69) is 15.2 Å². The van der Waals surface area contributed by atoms with Crippen molar-refractivity contribution >= 4 is 11.9 Å². The van der Waals surface area contributed by atoms with Crippen molar-refractivity contribution in [1.29, 1.82) is 0 Å². The fourth-order valence-electron chi connectivity index (χ4n) is 4.03. The maximum absolute atomic E-state index is 12.6. The molecule has 1 N–H and O–H groups in total. The molecule has 160 valence electrons. The van der Waals surface area contributed by atoms with Gasteiger partial charge in [-0.3, -0.25) is 14.7 Å². The fourth-order valence-corrected chi connectivity index (χ4v) is 4.03. The summed E-state index contributed by atoms with van der Waals surface area (Å²) in [5, 5.41) is 3.34. The highest BCUT2D eigenvalue weighted by atomic mass is 19.4. The molecule has 3 heterocycles. The largest absolute Gasteiger partial charge is 0.401 e. The molecule has 3 fully saturated rings. The standard InChI is InChI=1S/C18H30F3N5O2/c1-2-22-17(23-14-5-6-24(12-14)13-18(19,20)21)26-9-7-25(8-10-26)16(27)15-4-3-11-28-15/h14-15H,2-13H2,1H3,(H,22,23). The van der Waals surface area contributed by atoms with Crippen LogP contribution < -0.4 is 5.32 Å². The number of halogens is 3. The van der Waals surface area contributed by atoms with Crippen molar-refractivity contribution in [3.63, 3.8) is 0 Å². The molecular weight excluding hydrogens is 375 g/mol. The second kappa shape index (κ2) is 9.30. The van der Waals surface area contributed by atoms with Gasteiger partial charge >= 0.3 is 6.18 Å². The number of rotatable bonds is 4. The lowest BCUT2D eigenvalue weighted by Gasteiger charge is -2.38. The van der Waals surface area contributed by atoms with E-state index in [9.17, 15) is 18.0 Å². The van der Waals surface area contributed by atoms with Crippen molar-refractivity contribution in [2.45, 2.75) is 44.5 Å². The molecule has 3 aliphatic heterocycles. The number of carbonyl (C=O) groups is 1. The number of hydrogen-bond donors (Lipinski definition) is 1. The molecule has 0 aromatic rings. The van der Waals surface area contributed by atoms with E-state index in [0.29, 0.717) is 58.8 Å². The van der Waals surface area contributed by atoms with Crippen LogP contribution in [0.25, 0.3) is 0 Å². The molecule has 2 atom stereocenters. The minimum absolute atomic E-state index is 0.0424. The van der Waals surface area contributed by atoms with Gasteiger partial charge in [0.25, 0.3) is 5.91 Å². The van der Waals surface area contributed by atoms with Gasteiger partial charge in [0.05, 0.1) is 6.54 Å². The van der Waals surface area contributed by atoms with Gasteiger partial charge in [-0.15, -0.1) is 0 Å². The van der Waals surface area contributed by atoms with Gasteiger partial charge in [-0.1, -0.05) is 0 Å². The third-order valence-corrected chi connectivity index (χ3v) is 5.41. The van der Waals surface area contributed by atoms with E-state index in [1.807, 2.05) is 11.8 Å². The maximum atomic E-state index is 12.6. The number of carbonyl (C=O) groups excluding carboxylic acids is 1. The highest BCUT2D eigenvalue weighted by Crippen LogP contribution is 2.20. The van der Waals surface area contributed by atoms with E-state index < -0.39 is 12.7 Å². The van der Waals surface area contributed by atoms with Crippen LogP contribution in [-0.2, 0) is 9.53 Å². The predicted molar refractivity (Wildman–Crippen MR) is 99.1 cm³/mol. The van der Waals surface area contributed by atoms with Gasteiger partial charge in [-0.2, -0.15) is 13.2 Å². The monoisotopic (exact) mass is 405 g/mol. The average molecular weight is 405 g/mol. The quantitative estimate of drug-likeness (QED) is 0.557. The van der Waals surface area contributed by atoms with Gasteiger partial charge < -0.3 is 19.9 Å². The molecule has 28 heavy (non-hydrogen) atoms. The summed E-state index contributed by atoms with van der Waals surface area (Å²) in [5.41, 5.74) is 0. The minimum Gasteiger partial charge on any atom is -0.368 e. The van der Waals surface area contributed by atoms with Crippen LogP contribution in [0.3, 0.4) is 0 Å². The van der Waals surface area contributed by atoms with E-state index in [4.69, 9.17) is 4.74 Å². The smallest absolute Gasteiger partial charge is 0.368 e. The first-order valence-corrected chi connectivity index (χ1v) is 10.1. The fraction of sp³-hybridized carbons (Fsp3) is 0.889. The van der Waals surface area contributed by atoms with Crippen molar-refractivity contribution in [1.82, 2.24) is 20.0 Å². The van der Waals surface area contributed by atoms with Crippen molar-refractivity contribution in [3.8, 4) is 0 Å². The Morgan fingerprint density at radius 1 is 1.14 bits per heavy atom. The van der Waals surface area contributed by atoms with Crippen LogP contribution in [0.15, 0.2) is 4.99 Å². The zero-order chi connectivity index (χ0) is 20.1. The molecule has 1 amide bonds. The minimum atomic E-state index is -4.17. The van der Waals surface area contributed by atoms with Crippen LogP contribution in [0, 0.1) is 0 Å². The van der Waals surface area contributed by atoms with E-state index >= 15 is 0 Å². The van der Waals surface area contributed by atoms with Crippen molar-refractivity contribution in [3.05, 3.63) is 0 Å². The summed E-state index contributed by atoms with van der Waals surface area (Å²) in [7, 11) is 0. The number of ether oxygens (including phenoxy) is 1. The van der Waals surface area contributed by atoms with Gasteiger partial charge in [0, 0.05) is 58.5 Å². The molecular formula is C18H30F3N5O2. The Bertz CT molecular complexity index is 558. The van der Waals surface area contributed by atoms with Gasteiger partial charge in [-0.05, 0) is 26.2 Å². The number of nitrogens with zero attached hydrogens (tertiary/aromatic N) is 4. The SMILES string of the molecule is CCN=C(NC1CCN(CC(F)(F)F)C1)N1CCN(C(=O)C2CCCO2)CC1. The van der Waals surface area contributed by atoms with Crippen LogP contribution in [0.5, 0.6) is 0 Å². The molecule has 0 bridgehead atoms. The maximum Gasteiger partial charge on any atom is 0.401 e. The molecule has 0 aromatic carbocycles. The van der Waals surface area contributed by atoms with Gasteiger partial charge in [0.1, 0.15) is 6.10 Å². The number of likely N-dealkylation sites (tertiary alicyclic amines) is 1. The number of nitrogens with one attached hydrogen (secondary N) is 1. The highest BCUT2D eigenvalue weighted by molar-refractivity contribution is 5.83. The van der Waals surface area contributed by atoms with Crippen molar-refractivity contribution in [2.24, 2.45) is 4.99 Å². The molecule has 3 rings (SSSR count). The molecule has 10 heteroatoms. The number of guanidine groups is 1. The molecule has 0 aromatic heterocycles. The molecule has 7 nitrogen and oxygen atoms in total. The van der Waals surface area contributed by atoms with E-state index in [0.717, 1.165) is 18.8 Å². The summed E-state index contributed by atoms with van der Waals surface area (Å²) in [6.45, 7) is 5.63. The van der Waals surface area contributed by atoms with Crippen LogP contribution in [0.4, 0.5) is 13.2 Å². The number of alkyl halides is 3. The van der Waals surface area contributed by atoms with E-state index in [1.54, 1.807) is 0 Å². The predicted octanol–water partition coefficient (Wildman–Crippen LogP) is 0.912. The lowest BCUT2D eigenvalue weighted by Crippen LogP contribution is -2.56. The average Bonchev–Trinajstić information content (AvgIpc) is 3.32. The first kappa shape index (κ1) is 21.2. The van der Waals surface area contributed by atoms with Crippen LogP contribution in [0.2, 0.25) is 0 Å². The first-order valence-electron chi connectivity index (χ1n) is 10.1. The number of piperazine rings is 1. The summed E-state index contributed by atoms with van der Waals surface area (Å²) in [6, 6.07) is -0.0424. The zero-order valence-electron chi connectivity index (χ0n) is 16.4. The Kier molecular flexibility index (Phi) is 7.03. The molecule has 3 aliphatic rings. The number of amides is 1. The molecule has 0 aliphatic carbocycles. The molecule has 0 spiro atoms. The Hall–Kier alpha value is -1.55. The van der Waals surface area contributed by atoms with E-state index in [-0.39, 0.29) is 18.1 Å². The third-order valence-electron chi connectivity index (χ3n) is 5.41. The Morgan fingerprint density at radius 3 is 2.46 bits per heavy atom. The summed E-state index contributed by atoms with van der Waals surface area (Å²) in [4.78, 5) is 22.4. The summed E-state index contributed by atoms with van der Waals surface area (Å²) in [6.07, 6.45) is -2.08. The van der Waals surface area contributed by atoms with E-state index in [1.165, 1.54) is 4.90 Å². The topological polar surface area (TPSA) is 60.4 Å².